The summed E-state index contributed by atoms with van der Waals surface area (Å²) in [5.74, 6) is -1.22. The van der Waals surface area contributed by atoms with E-state index in [1.807, 2.05) is 0 Å². The number of ether oxygens (including phenoxy) is 1. The molecule has 2 atom stereocenters. The summed E-state index contributed by atoms with van der Waals surface area (Å²) < 4.78 is 4.98. The minimum atomic E-state index is -0.912. The summed E-state index contributed by atoms with van der Waals surface area (Å²) in [5.41, 5.74) is 0. The zero-order chi connectivity index (χ0) is 9.14. The molecule has 0 radical (unpaired) electrons. The highest BCUT2D eigenvalue weighted by Crippen LogP contribution is 2.26. The molecule has 0 aliphatic heterocycles. The van der Waals surface area contributed by atoms with Crippen LogP contribution in [0.15, 0.2) is 0 Å². The van der Waals surface area contributed by atoms with E-state index in [2.05, 4.69) is 0 Å². The summed E-state index contributed by atoms with van der Waals surface area (Å²) in [6.45, 7) is 0. The maximum absolute atomic E-state index is 11.1. The van der Waals surface area contributed by atoms with E-state index in [-0.39, 0.29) is 24.2 Å². The predicted octanol–water partition coefficient (Wildman–Crippen LogP) is 0.455. The van der Waals surface area contributed by atoms with Crippen LogP contribution in [0.3, 0.4) is 0 Å². The summed E-state index contributed by atoms with van der Waals surface area (Å²) in [6.07, 6.45) is 0.802. The van der Waals surface area contributed by atoms with E-state index >= 15 is 0 Å². The first-order valence-corrected chi connectivity index (χ1v) is 3.90. The van der Waals surface area contributed by atoms with Crippen LogP contribution in [0.4, 0.5) is 0 Å². The molecule has 68 valence electrons. The van der Waals surface area contributed by atoms with Gasteiger partial charge in [0.2, 0.25) is 0 Å². The second-order valence-electron chi connectivity index (χ2n) is 3.06. The van der Waals surface area contributed by atoms with Gasteiger partial charge in [0.1, 0.15) is 5.78 Å². The van der Waals surface area contributed by atoms with Crippen molar-refractivity contribution in [2.45, 2.75) is 25.4 Å². The van der Waals surface area contributed by atoms with Crippen molar-refractivity contribution in [3.63, 3.8) is 0 Å². The molecule has 0 aromatic carbocycles. The standard InChI is InChI=1S/C8H12O4/c1-12-6-2-5(3-8(10)11)7(9)4-6/h5-6H,2-4H2,1H3,(H,10,11). The fourth-order valence-electron chi connectivity index (χ4n) is 1.51. The van der Waals surface area contributed by atoms with Crippen LogP contribution in [-0.2, 0) is 14.3 Å². The minimum Gasteiger partial charge on any atom is -0.481 e. The zero-order valence-corrected chi connectivity index (χ0v) is 6.95. The van der Waals surface area contributed by atoms with Crippen LogP contribution in [0.2, 0.25) is 0 Å². The van der Waals surface area contributed by atoms with E-state index in [0.29, 0.717) is 12.8 Å². The molecule has 0 spiro atoms. The van der Waals surface area contributed by atoms with Gasteiger partial charge in [-0.1, -0.05) is 0 Å². The summed E-state index contributed by atoms with van der Waals surface area (Å²) in [6, 6.07) is 0. The number of hydrogen-bond donors (Lipinski definition) is 1. The molecule has 0 amide bonds. The Kier molecular flexibility index (Phi) is 2.81. The smallest absolute Gasteiger partial charge is 0.304 e. The second-order valence-corrected chi connectivity index (χ2v) is 3.06. The monoisotopic (exact) mass is 172 g/mol. The van der Waals surface area contributed by atoms with E-state index in [4.69, 9.17) is 9.84 Å². The topological polar surface area (TPSA) is 63.6 Å². The summed E-state index contributed by atoms with van der Waals surface area (Å²) in [5, 5.41) is 8.46. The summed E-state index contributed by atoms with van der Waals surface area (Å²) in [7, 11) is 1.54. The van der Waals surface area contributed by atoms with Crippen LogP contribution in [0, 0.1) is 5.92 Å². The molecule has 1 rings (SSSR count). The Balaban J connectivity index is 2.46. The van der Waals surface area contributed by atoms with Gasteiger partial charge in [-0.2, -0.15) is 0 Å². The summed E-state index contributed by atoms with van der Waals surface area (Å²) in [4.78, 5) is 21.4. The molecule has 4 nitrogen and oxygen atoms in total. The highest BCUT2D eigenvalue weighted by atomic mass is 16.5. The lowest BCUT2D eigenvalue weighted by Gasteiger charge is -2.05. The molecule has 4 heteroatoms. The van der Waals surface area contributed by atoms with Crippen LogP contribution >= 0.6 is 0 Å². The molecule has 2 unspecified atom stereocenters. The molecule has 12 heavy (non-hydrogen) atoms. The van der Waals surface area contributed by atoms with Crippen molar-refractivity contribution in [3.05, 3.63) is 0 Å². The van der Waals surface area contributed by atoms with E-state index in [9.17, 15) is 9.59 Å². The minimum absolute atomic E-state index is 0.0178. The highest BCUT2D eigenvalue weighted by molar-refractivity contribution is 5.87. The number of Topliss-reactive ketones (excluding diaryl/α,β-unsaturated/α-hetero) is 1. The predicted molar refractivity (Wildman–Crippen MR) is 40.8 cm³/mol. The van der Waals surface area contributed by atoms with Crippen molar-refractivity contribution in [1.29, 1.82) is 0 Å². The van der Waals surface area contributed by atoms with E-state index in [1.54, 1.807) is 7.11 Å². The summed E-state index contributed by atoms with van der Waals surface area (Å²) >= 11 is 0. The van der Waals surface area contributed by atoms with Gasteiger partial charge < -0.3 is 9.84 Å². The molecule has 0 aromatic heterocycles. The number of aliphatic carboxylic acids is 1. The van der Waals surface area contributed by atoms with E-state index in [0.717, 1.165) is 0 Å². The van der Waals surface area contributed by atoms with Gasteiger partial charge >= 0.3 is 5.97 Å². The van der Waals surface area contributed by atoms with Crippen molar-refractivity contribution >= 4 is 11.8 Å². The molecule has 0 bridgehead atoms. The first kappa shape index (κ1) is 9.19. The maximum atomic E-state index is 11.1. The molecule has 1 N–H and O–H groups in total. The average molecular weight is 172 g/mol. The highest BCUT2D eigenvalue weighted by Gasteiger charge is 2.33. The number of carboxylic acid groups (broad SMARTS) is 1. The second kappa shape index (κ2) is 3.67. The van der Waals surface area contributed by atoms with E-state index in [1.165, 1.54) is 0 Å². The van der Waals surface area contributed by atoms with Crippen molar-refractivity contribution < 1.29 is 19.4 Å². The lowest BCUT2D eigenvalue weighted by Crippen LogP contribution is -2.11. The van der Waals surface area contributed by atoms with Gasteiger partial charge in [0.25, 0.3) is 0 Å². The van der Waals surface area contributed by atoms with Gasteiger partial charge in [-0.05, 0) is 6.42 Å². The van der Waals surface area contributed by atoms with Crippen LogP contribution in [0.5, 0.6) is 0 Å². The Morgan fingerprint density at radius 2 is 2.42 bits per heavy atom. The largest absolute Gasteiger partial charge is 0.481 e. The van der Waals surface area contributed by atoms with Crippen molar-refractivity contribution in [3.8, 4) is 0 Å². The first-order chi connectivity index (χ1) is 5.63. The average Bonchev–Trinajstić information content (AvgIpc) is 2.31. The molecular weight excluding hydrogens is 160 g/mol. The molecule has 1 saturated carbocycles. The molecule has 1 aliphatic carbocycles. The van der Waals surface area contributed by atoms with Gasteiger partial charge in [-0.15, -0.1) is 0 Å². The number of hydrogen-bond acceptors (Lipinski definition) is 3. The third kappa shape index (κ3) is 2.04. The van der Waals surface area contributed by atoms with Crippen molar-refractivity contribution in [2.75, 3.05) is 7.11 Å². The van der Waals surface area contributed by atoms with E-state index < -0.39 is 5.97 Å². The molecule has 1 aliphatic rings. The first-order valence-electron chi connectivity index (χ1n) is 3.90. The van der Waals surface area contributed by atoms with Gasteiger partial charge in [0.05, 0.1) is 12.5 Å². The van der Waals surface area contributed by atoms with Crippen LogP contribution in [0.1, 0.15) is 19.3 Å². The number of carbonyl (C=O) groups excluding carboxylic acids is 1. The van der Waals surface area contributed by atoms with Gasteiger partial charge in [-0.3, -0.25) is 9.59 Å². The van der Waals surface area contributed by atoms with Crippen molar-refractivity contribution in [2.24, 2.45) is 5.92 Å². The molecular formula is C8H12O4. The van der Waals surface area contributed by atoms with Crippen LogP contribution in [0.25, 0.3) is 0 Å². The molecule has 1 fully saturated rings. The normalized spacial score (nSPS) is 29.2. The Morgan fingerprint density at radius 1 is 1.75 bits per heavy atom. The third-order valence-electron chi connectivity index (χ3n) is 2.19. The number of rotatable bonds is 3. The Morgan fingerprint density at radius 3 is 2.83 bits per heavy atom. The Bertz CT molecular complexity index is 199. The van der Waals surface area contributed by atoms with Crippen LogP contribution < -0.4 is 0 Å². The Hall–Kier alpha value is -0.900. The fourth-order valence-corrected chi connectivity index (χ4v) is 1.51. The van der Waals surface area contributed by atoms with Crippen LogP contribution in [-0.4, -0.2) is 30.1 Å². The third-order valence-corrected chi connectivity index (χ3v) is 2.19. The van der Waals surface area contributed by atoms with Crippen molar-refractivity contribution in [1.82, 2.24) is 0 Å². The van der Waals surface area contributed by atoms with Gasteiger partial charge in [0.15, 0.2) is 0 Å². The molecule has 0 aromatic rings. The number of ketones is 1. The van der Waals surface area contributed by atoms with Gasteiger partial charge in [-0.25, -0.2) is 0 Å². The number of methoxy groups -OCH3 is 1. The number of carboxylic acids is 1. The fraction of sp³-hybridized carbons (Fsp3) is 0.750. The maximum Gasteiger partial charge on any atom is 0.304 e. The number of carbonyl (C=O) groups is 2. The SMILES string of the molecule is COC1CC(=O)C(CC(=O)O)C1. The quantitative estimate of drug-likeness (QED) is 0.671. The molecule has 0 saturated heterocycles. The van der Waals surface area contributed by atoms with Gasteiger partial charge in [0, 0.05) is 19.4 Å². The lowest BCUT2D eigenvalue weighted by molar-refractivity contribution is -0.140. The lowest BCUT2D eigenvalue weighted by atomic mass is 10.0. The molecule has 0 heterocycles. The Labute approximate surface area is 70.5 Å². The zero-order valence-electron chi connectivity index (χ0n) is 6.95.